The van der Waals surface area contributed by atoms with Crippen molar-refractivity contribution in [1.82, 2.24) is 4.90 Å². The monoisotopic (exact) mass is 334 g/mol. The molecule has 128 valence electrons. The molecular weight excluding hydrogens is 311 g/mol. The first-order valence-corrected chi connectivity index (χ1v) is 8.98. The molecule has 1 heterocycles. The molecule has 0 radical (unpaired) electrons. The zero-order chi connectivity index (χ0) is 17.1. The average Bonchev–Trinajstić information content (AvgIpc) is 2.67. The standard InChI is InChI=1S/C22H23FN2/c23-21-7-9-22(10-8-21)25-15-13-24(14-16-25)12-11-18-5-6-19-3-1-2-4-20(19)17-18/h1-10,17H,11-16H2. The molecule has 0 atom stereocenters. The van der Waals surface area contributed by atoms with Gasteiger partial charge in [0, 0.05) is 38.4 Å². The SMILES string of the molecule is Fc1ccc(N2CCN(CCc3ccc4ccccc4c3)CC2)cc1. The predicted octanol–water partition coefficient (Wildman–Crippen LogP) is 4.34. The van der Waals surface area contributed by atoms with E-state index in [1.807, 2.05) is 12.1 Å². The lowest BCUT2D eigenvalue weighted by atomic mass is 10.0. The van der Waals surface area contributed by atoms with Gasteiger partial charge in [-0.3, -0.25) is 4.90 Å². The fraction of sp³-hybridized carbons (Fsp3) is 0.273. The number of benzene rings is 3. The van der Waals surface area contributed by atoms with Crippen LogP contribution in [0, 0.1) is 5.82 Å². The molecule has 4 rings (SSSR count). The second-order valence-corrected chi connectivity index (χ2v) is 6.74. The third-order valence-corrected chi connectivity index (χ3v) is 5.09. The summed E-state index contributed by atoms with van der Waals surface area (Å²) in [6.07, 6.45) is 1.08. The second kappa shape index (κ2) is 7.24. The lowest BCUT2D eigenvalue weighted by Gasteiger charge is -2.36. The van der Waals surface area contributed by atoms with Crippen LogP contribution in [0.2, 0.25) is 0 Å². The molecule has 3 aromatic carbocycles. The summed E-state index contributed by atoms with van der Waals surface area (Å²) in [7, 11) is 0. The number of fused-ring (bicyclic) bond motifs is 1. The van der Waals surface area contributed by atoms with E-state index in [1.54, 1.807) is 12.1 Å². The van der Waals surface area contributed by atoms with Crippen LogP contribution in [0.5, 0.6) is 0 Å². The van der Waals surface area contributed by atoms with E-state index in [4.69, 9.17) is 0 Å². The summed E-state index contributed by atoms with van der Waals surface area (Å²) < 4.78 is 13.0. The maximum atomic E-state index is 13.0. The average molecular weight is 334 g/mol. The maximum Gasteiger partial charge on any atom is 0.123 e. The van der Waals surface area contributed by atoms with Crippen molar-refractivity contribution in [3.63, 3.8) is 0 Å². The minimum absolute atomic E-state index is 0.169. The van der Waals surface area contributed by atoms with Gasteiger partial charge < -0.3 is 4.90 Å². The van der Waals surface area contributed by atoms with Crippen LogP contribution in [0.3, 0.4) is 0 Å². The molecule has 1 fully saturated rings. The van der Waals surface area contributed by atoms with E-state index < -0.39 is 0 Å². The first-order valence-electron chi connectivity index (χ1n) is 8.98. The van der Waals surface area contributed by atoms with Crippen LogP contribution in [0.25, 0.3) is 10.8 Å². The fourth-order valence-corrected chi connectivity index (χ4v) is 3.56. The van der Waals surface area contributed by atoms with Crippen LogP contribution in [0.4, 0.5) is 10.1 Å². The van der Waals surface area contributed by atoms with E-state index >= 15 is 0 Å². The highest BCUT2D eigenvalue weighted by atomic mass is 19.1. The van der Waals surface area contributed by atoms with Crippen LogP contribution >= 0.6 is 0 Å². The lowest BCUT2D eigenvalue weighted by molar-refractivity contribution is 0.261. The van der Waals surface area contributed by atoms with E-state index in [1.165, 1.54) is 16.3 Å². The van der Waals surface area contributed by atoms with E-state index in [9.17, 15) is 4.39 Å². The van der Waals surface area contributed by atoms with Gasteiger partial charge in [0.1, 0.15) is 5.82 Å². The van der Waals surface area contributed by atoms with Gasteiger partial charge in [-0.05, 0) is 47.0 Å². The summed E-state index contributed by atoms with van der Waals surface area (Å²) in [5.74, 6) is -0.169. The van der Waals surface area contributed by atoms with Crippen molar-refractivity contribution in [2.75, 3.05) is 37.6 Å². The zero-order valence-corrected chi connectivity index (χ0v) is 14.4. The molecule has 0 aliphatic carbocycles. The molecule has 1 aliphatic rings. The topological polar surface area (TPSA) is 6.48 Å². The molecule has 0 spiro atoms. The number of rotatable bonds is 4. The van der Waals surface area contributed by atoms with Crippen LogP contribution in [0.15, 0.2) is 66.7 Å². The van der Waals surface area contributed by atoms with Crippen LogP contribution in [-0.2, 0) is 6.42 Å². The van der Waals surface area contributed by atoms with Gasteiger partial charge in [-0.2, -0.15) is 0 Å². The Balaban J connectivity index is 1.31. The van der Waals surface area contributed by atoms with Gasteiger partial charge in [-0.1, -0.05) is 42.5 Å². The molecule has 1 aliphatic heterocycles. The summed E-state index contributed by atoms with van der Waals surface area (Å²) in [6, 6.07) is 22.1. The molecule has 3 aromatic rings. The summed E-state index contributed by atoms with van der Waals surface area (Å²) in [5.41, 5.74) is 2.52. The van der Waals surface area contributed by atoms with Gasteiger partial charge >= 0.3 is 0 Å². The summed E-state index contributed by atoms with van der Waals surface area (Å²) in [6.45, 7) is 5.22. The van der Waals surface area contributed by atoms with Gasteiger partial charge in [0.25, 0.3) is 0 Å². The minimum Gasteiger partial charge on any atom is -0.369 e. The number of anilines is 1. The van der Waals surface area contributed by atoms with Crippen molar-refractivity contribution in [3.8, 4) is 0 Å². The highest BCUT2D eigenvalue weighted by molar-refractivity contribution is 5.82. The second-order valence-electron chi connectivity index (χ2n) is 6.74. The van der Waals surface area contributed by atoms with Crippen LogP contribution in [0.1, 0.15) is 5.56 Å². The molecule has 3 heteroatoms. The Labute approximate surface area is 148 Å². The molecule has 0 aromatic heterocycles. The van der Waals surface area contributed by atoms with Gasteiger partial charge in [0.05, 0.1) is 0 Å². The summed E-state index contributed by atoms with van der Waals surface area (Å²) in [5, 5.41) is 2.63. The third kappa shape index (κ3) is 3.83. The highest BCUT2D eigenvalue weighted by Gasteiger charge is 2.17. The normalized spacial score (nSPS) is 15.6. The van der Waals surface area contributed by atoms with E-state index in [0.717, 1.165) is 44.8 Å². The Morgan fingerprint density at radius 3 is 2.24 bits per heavy atom. The Hall–Kier alpha value is -2.39. The molecular formula is C22H23FN2. The third-order valence-electron chi connectivity index (χ3n) is 5.09. The maximum absolute atomic E-state index is 13.0. The Bertz CT molecular complexity index is 836. The largest absolute Gasteiger partial charge is 0.369 e. The minimum atomic E-state index is -0.169. The van der Waals surface area contributed by atoms with Crippen molar-refractivity contribution < 1.29 is 4.39 Å². The van der Waals surface area contributed by atoms with Crippen molar-refractivity contribution in [2.24, 2.45) is 0 Å². The molecule has 0 saturated carbocycles. The first kappa shape index (κ1) is 16.1. The van der Waals surface area contributed by atoms with E-state index in [2.05, 4.69) is 52.3 Å². The lowest BCUT2D eigenvalue weighted by Crippen LogP contribution is -2.47. The van der Waals surface area contributed by atoms with Gasteiger partial charge in [-0.15, -0.1) is 0 Å². The molecule has 2 nitrogen and oxygen atoms in total. The zero-order valence-electron chi connectivity index (χ0n) is 14.4. The van der Waals surface area contributed by atoms with Gasteiger partial charge in [0.15, 0.2) is 0 Å². The van der Waals surface area contributed by atoms with Gasteiger partial charge in [0.2, 0.25) is 0 Å². The first-order chi connectivity index (χ1) is 12.3. The molecule has 1 saturated heterocycles. The molecule has 25 heavy (non-hydrogen) atoms. The van der Waals surface area contributed by atoms with Crippen molar-refractivity contribution in [3.05, 3.63) is 78.1 Å². The van der Waals surface area contributed by atoms with Crippen LogP contribution < -0.4 is 4.90 Å². The van der Waals surface area contributed by atoms with Gasteiger partial charge in [-0.25, -0.2) is 4.39 Å². The highest BCUT2D eigenvalue weighted by Crippen LogP contribution is 2.18. The molecule has 0 amide bonds. The van der Waals surface area contributed by atoms with Crippen molar-refractivity contribution in [2.45, 2.75) is 6.42 Å². The van der Waals surface area contributed by atoms with Crippen LogP contribution in [-0.4, -0.2) is 37.6 Å². The summed E-state index contributed by atoms with van der Waals surface area (Å²) >= 11 is 0. The molecule has 0 N–H and O–H groups in total. The molecule has 0 unspecified atom stereocenters. The number of halogens is 1. The Morgan fingerprint density at radius 1 is 0.760 bits per heavy atom. The predicted molar refractivity (Wildman–Crippen MR) is 103 cm³/mol. The van der Waals surface area contributed by atoms with E-state index in [0.29, 0.717) is 0 Å². The van der Waals surface area contributed by atoms with Crippen molar-refractivity contribution >= 4 is 16.5 Å². The number of nitrogens with zero attached hydrogens (tertiary/aromatic N) is 2. The van der Waals surface area contributed by atoms with E-state index in [-0.39, 0.29) is 5.82 Å². The molecule has 0 bridgehead atoms. The number of hydrogen-bond donors (Lipinski definition) is 0. The quantitative estimate of drug-likeness (QED) is 0.700. The fourth-order valence-electron chi connectivity index (χ4n) is 3.56. The number of piperazine rings is 1. The Morgan fingerprint density at radius 2 is 1.48 bits per heavy atom. The summed E-state index contributed by atoms with van der Waals surface area (Å²) in [4.78, 5) is 4.86. The number of hydrogen-bond acceptors (Lipinski definition) is 2. The van der Waals surface area contributed by atoms with Crippen molar-refractivity contribution in [1.29, 1.82) is 0 Å². The Kier molecular flexibility index (Phi) is 4.66. The smallest absolute Gasteiger partial charge is 0.123 e.